The van der Waals surface area contributed by atoms with Gasteiger partial charge in [0.05, 0.1) is 94.8 Å². The first kappa shape index (κ1) is 62.8. The van der Waals surface area contributed by atoms with Crippen molar-refractivity contribution in [3.05, 3.63) is 131 Å². The summed E-state index contributed by atoms with van der Waals surface area (Å²) in [7, 11) is 0. The molecule has 80 heavy (non-hydrogen) atoms. The van der Waals surface area contributed by atoms with E-state index in [0.29, 0.717) is 70.8 Å². The number of alkyl halides is 1. The highest BCUT2D eigenvalue weighted by molar-refractivity contribution is 7.13. The minimum atomic E-state index is -0.940. The molecular weight excluding hydrogens is 1070 g/mol. The fourth-order valence-electron chi connectivity index (χ4n) is 8.80. The van der Waals surface area contributed by atoms with Crippen LogP contribution in [0.2, 0.25) is 0 Å². The second-order valence-electron chi connectivity index (χ2n) is 20.1. The molecule has 0 bridgehead atoms. The number of aromatic hydroxyl groups is 2. The molecule has 0 radical (unpaired) electrons. The number of aryl methyl sites for hydroxylation is 1. The first-order chi connectivity index (χ1) is 38.6. The number of benzene rings is 4. The van der Waals surface area contributed by atoms with E-state index in [2.05, 4.69) is 20.9 Å². The van der Waals surface area contributed by atoms with Gasteiger partial charge in [0, 0.05) is 38.2 Å². The minimum absolute atomic E-state index is 0.0140. The van der Waals surface area contributed by atoms with E-state index in [-0.39, 0.29) is 88.0 Å². The van der Waals surface area contributed by atoms with Gasteiger partial charge in [0.2, 0.25) is 23.6 Å². The molecule has 4 amide bonds. The van der Waals surface area contributed by atoms with Gasteiger partial charge in [-0.15, -0.1) is 22.9 Å². The van der Waals surface area contributed by atoms with Crippen molar-refractivity contribution in [1.29, 1.82) is 0 Å². The number of aromatic nitrogens is 1. The third-order valence-electron chi connectivity index (χ3n) is 13.0. The predicted molar refractivity (Wildman–Crippen MR) is 307 cm³/mol. The van der Waals surface area contributed by atoms with Gasteiger partial charge >= 0.3 is 0 Å². The molecule has 18 nitrogen and oxygen atoms in total. The zero-order chi connectivity index (χ0) is 57.3. The number of carbonyl (C=O) groups excluding carboxylic acids is 4. The third-order valence-corrected chi connectivity index (χ3v) is 14.2. The second kappa shape index (κ2) is 32.7. The number of likely N-dealkylation sites (tertiary alicyclic amines) is 1. The number of nitrogens with one attached hydrogen (secondary N) is 3. The van der Waals surface area contributed by atoms with Gasteiger partial charge in [-0.3, -0.25) is 19.2 Å². The molecule has 20 heteroatoms. The predicted octanol–water partition coefficient (Wildman–Crippen LogP) is 7.29. The summed E-state index contributed by atoms with van der Waals surface area (Å²) in [5, 5.41) is 39.0. The van der Waals surface area contributed by atoms with Gasteiger partial charge in [0.15, 0.2) is 0 Å². The summed E-state index contributed by atoms with van der Waals surface area (Å²) in [4.78, 5) is 59.5. The van der Waals surface area contributed by atoms with Crippen LogP contribution in [0.15, 0.2) is 103 Å². The van der Waals surface area contributed by atoms with Crippen LogP contribution in [-0.4, -0.2) is 159 Å². The zero-order valence-electron chi connectivity index (χ0n) is 46.1. The Balaban J connectivity index is 0.753. The molecule has 5 aromatic rings. The molecule has 1 aliphatic rings. The molecule has 1 aromatic heterocycles. The van der Waals surface area contributed by atoms with Crippen LogP contribution in [0.3, 0.4) is 0 Å². The van der Waals surface area contributed by atoms with Crippen LogP contribution < -0.4 is 20.7 Å². The monoisotopic (exact) mass is 1140 g/mol. The quantitative estimate of drug-likeness (QED) is 0.0138. The summed E-state index contributed by atoms with van der Waals surface area (Å²) < 4.78 is 33.7. The SMILES string of the molecule is Cc1ncsc1-c1ccc(CNC(=O)[C@@H]2C[C@@H](O)CN2C(=O)C(NC(=O)CCOCCOCCOCCOCCOCCC(=O)NCCOc2ccc(C(=C(CCCl)c3ccc(O)cc3)c3ccc(O)cc3)cc2)C(C)(C)C)cc1. The molecule has 6 rings (SSSR count). The highest BCUT2D eigenvalue weighted by atomic mass is 35.5. The molecule has 6 N–H and O–H groups in total. The summed E-state index contributed by atoms with van der Waals surface area (Å²) in [5.74, 6) is 0.0273. The Hall–Kier alpha value is -6.42. The number of allylic oxidation sites excluding steroid dienone is 1. The smallest absolute Gasteiger partial charge is 0.246 e. The van der Waals surface area contributed by atoms with Gasteiger partial charge in [0.25, 0.3) is 0 Å². The number of hydrogen-bond donors (Lipinski definition) is 6. The van der Waals surface area contributed by atoms with Gasteiger partial charge in [0.1, 0.15) is 35.9 Å². The van der Waals surface area contributed by atoms with Crippen LogP contribution in [-0.2, 0) is 49.4 Å². The van der Waals surface area contributed by atoms with E-state index in [1.54, 1.807) is 35.6 Å². The fraction of sp³-hybridized carbons (Fsp3) is 0.450. The van der Waals surface area contributed by atoms with Gasteiger partial charge < -0.3 is 64.6 Å². The highest BCUT2D eigenvalue weighted by Gasteiger charge is 2.44. The number of phenols is 2. The van der Waals surface area contributed by atoms with Gasteiger partial charge in [-0.05, 0) is 94.1 Å². The normalized spacial score (nSPS) is 15.1. The molecule has 0 aliphatic carbocycles. The van der Waals surface area contributed by atoms with Crippen molar-refractivity contribution in [1.82, 2.24) is 25.8 Å². The van der Waals surface area contributed by atoms with Crippen LogP contribution in [0.1, 0.15) is 74.4 Å². The van der Waals surface area contributed by atoms with E-state index in [9.17, 15) is 34.5 Å². The van der Waals surface area contributed by atoms with Crippen molar-refractivity contribution < 1.29 is 62.9 Å². The lowest BCUT2D eigenvalue weighted by atomic mass is 9.85. The molecular formula is C60H76ClN5O13S. The van der Waals surface area contributed by atoms with E-state index < -0.39 is 29.5 Å². The number of hydrogen-bond acceptors (Lipinski definition) is 15. The number of rotatable bonds is 33. The molecule has 1 saturated heterocycles. The Morgan fingerprint density at radius 2 is 1.21 bits per heavy atom. The maximum atomic E-state index is 13.9. The Morgan fingerprint density at radius 3 is 1.74 bits per heavy atom. The molecule has 432 valence electrons. The molecule has 0 saturated carbocycles. The highest BCUT2D eigenvalue weighted by Crippen LogP contribution is 2.37. The Kier molecular flexibility index (Phi) is 25.7. The second-order valence-corrected chi connectivity index (χ2v) is 21.3. The van der Waals surface area contributed by atoms with Crippen molar-refractivity contribution in [3.63, 3.8) is 0 Å². The molecule has 3 atom stereocenters. The van der Waals surface area contributed by atoms with Crippen LogP contribution in [0, 0.1) is 12.3 Å². The lowest BCUT2D eigenvalue weighted by Gasteiger charge is -2.35. The van der Waals surface area contributed by atoms with E-state index in [1.807, 2.05) is 106 Å². The van der Waals surface area contributed by atoms with Crippen molar-refractivity contribution in [3.8, 4) is 27.7 Å². The number of aliphatic hydroxyl groups is 1. The van der Waals surface area contributed by atoms with E-state index in [4.69, 9.17) is 40.0 Å². The van der Waals surface area contributed by atoms with Gasteiger partial charge in [-0.25, -0.2) is 4.98 Å². The molecule has 1 fully saturated rings. The number of carbonyl (C=O) groups is 4. The Morgan fingerprint density at radius 1 is 0.688 bits per heavy atom. The summed E-state index contributed by atoms with van der Waals surface area (Å²) in [6.07, 6.45) is 0.00897. The number of amides is 4. The minimum Gasteiger partial charge on any atom is -0.508 e. The van der Waals surface area contributed by atoms with E-state index >= 15 is 0 Å². The number of thiazole rings is 1. The van der Waals surface area contributed by atoms with Crippen LogP contribution in [0.25, 0.3) is 21.6 Å². The fourth-order valence-corrected chi connectivity index (χ4v) is 9.81. The van der Waals surface area contributed by atoms with Gasteiger partial charge in [-0.2, -0.15) is 0 Å². The topological polar surface area (TPSA) is 237 Å². The van der Waals surface area contributed by atoms with E-state index in [0.717, 1.165) is 49.5 Å². The zero-order valence-corrected chi connectivity index (χ0v) is 47.7. The summed E-state index contributed by atoms with van der Waals surface area (Å²) in [6, 6.07) is 27.7. The first-order valence-electron chi connectivity index (χ1n) is 26.9. The molecule has 1 unspecified atom stereocenters. The third kappa shape index (κ3) is 20.3. The molecule has 1 aliphatic heterocycles. The lowest BCUT2D eigenvalue weighted by molar-refractivity contribution is -0.144. The summed E-state index contributed by atoms with van der Waals surface area (Å²) in [6.45, 7) is 11.3. The van der Waals surface area contributed by atoms with E-state index in [1.165, 1.54) is 4.90 Å². The number of β-amino-alcohol motifs (C(OH)–C–C–N with tert-alkyl or cyclic N) is 1. The molecule has 2 heterocycles. The molecule has 0 spiro atoms. The number of ether oxygens (including phenoxy) is 6. The van der Waals surface area contributed by atoms with Crippen LogP contribution in [0.5, 0.6) is 17.2 Å². The van der Waals surface area contributed by atoms with Gasteiger partial charge in [-0.1, -0.05) is 81.4 Å². The Bertz CT molecular complexity index is 2740. The Labute approximate surface area is 477 Å². The maximum Gasteiger partial charge on any atom is 0.246 e. The lowest BCUT2D eigenvalue weighted by Crippen LogP contribution is -2.57. The van der Waals surface area contributed by atoms with Crippen molar-refractivity contribution in [2.24, 2.45) is 5.41 Å². The van der Waals surface area contributed by atoms with Crippen molar-refractivity contribution in [2.45, 2.75) is 78.1 Å². The van der Waals surface area contributed by atoms with Crippen LogP contribution in [0.4, 0.5) is 0 Å². The van der Waals surface area contributed by atoms with Crippen LogP contribution >= 0.6 is 22.9 Å². The largest absolute Gasteiger partial charge is 0.508 e. The number of halogens is 1. The number of phenolic OH excluding ortho intramolecular Hbond substituents is 2. The average molecular weight is 1140 g/mol. The summed E-state index contributed by atoms with van der Waals surface area (Å²) in [5.41, 5.74) is 8.70. The molecule has 4 aromatic carbocycles. The van der Waals surface area contributed by atoms with Crippen molar-refractivity contribution >= 4 is 57.7 Å². The average Bonchev–Trinajstić information content (AvgIpc) is 4.07. The maximum absolute atomic E-state index is 13.9. The first-order valence-corrected chi connectivity index (χ1v) is 28.3. The number of nitrogens with zero attached hydrogens (tertiary/aromatic N) is 2. The van der Waals surface area contributed by atoms with Crippen molar-refractivity contribution in [2.75, 3.05) is 91.6 Å². The standard InChI is InChI=1S/C60H76ClN5O13S/c1-41-56(80-40-64-41)46-7-5-42(6-8-46)38-63-58(72)52-37-49(69)39-66(52)59(73)57(60(2,3)4)65-54(71)23-27-75-30-32-77-34-36-78-35-33-76-31-29-74-26-22-53(70)62-25-28-79-50-19-13-45(14-20-50)55(44-11-17-48(68)18-12-44)51(21-24-61)43-9-15-47(67)16-10-43/h5-20,40,49,52,57,67-69H,21-39H2,1-4H3,(H,62,70)(H,63,72)(H,65,71)/t49-,52+,57?/m1/s1. The summed E-state index contributed by atoms with van der Waals surface area (Å²) >= 11 is 7.84. The number of aliphatic hydroxyl groups excluding tert-OH is 1.